The standard InChI is InChI=1S/C18H13N5O4S/c24-17(12-2-7-16-15(10-12)21-11-27-16)22-13-3-5-14(6-4-13)28(25,26)23-18-19-8-1-9-20-18/h1-11H,(H,22,24)(H,19,20,23). The third-order valence-corrected chi connectivity index (χ3v) is 5.15. The van der Waals surface area contributed by atoms with Crippen LogP contribution in [0.2, 0.25) is 0 Å². The molecule has 2 aromatic carbocycles. The zero-order valence-corrected chi connectivity index (χ0v) is 15.1. The number of rotatable bonds is 5. The summed E-state index contributed by atoms with van der Waals surface area (Å²) in [6.45, 7) is 0. The van der Waals surface area contributed by atoms with Gasteiger partial charge in [0, 0.05) is 23.6 Å². The number of nitrogens with one attached hydrogen (secondary N) is 2. The van der Waals surface area contributed by atoms with Gasteiger partial charge in [-0.3, -0.25) is 4.79 Å². The summed E-state index contributed by atoms with van der Waals surface area (Å²) in [6, 6.07) is 12.2. The molecule has 0 atom stereocenters. The SMILES string of the molecule is O=C(Nc1ccc(S(=O)(=O)Nc2ncccn2)cc1)c1ccc2ocnc2c1. The highest BCUT2D eigenvalue weighted by Gasteiger charge is 2.16. The van der Waals surface area contributed by atoms with Crippen molar-refractivity contribution in [1.82, 2.24) is 15.0 Å². The zero-order valence-electron chi connectivity index (χ0n) is 14.2. The molecule has 4 aromatic rings. The summed E-state index contributed by atoms with van der Waals surface area (Å²) in [5.74, 6) is -0.376. The van der Waals surface area contributed by atoms with Crippen LogP contribution in [0.5, 0.6) is 0 Å². The summed E-state index contributed by atoms with van der Waals surface area (Å²) in [5.41, 5.74) is 2.01. The van der Waals surface area contributed by atoms with Crippen molar-refractivity contribution in [3.8, 4) is 0 Å². The highest BCUT2D eigenvalue weighted by molar-refractivity contribution is 7.92. The van der Waals surface area contributed by atoms with Gasteiger partial charge in [0.15, 0.2) is 12.0 Å². The average molecular weight is 395 g/mol. The molecule has 4 rings (SSSR count). The Morgan fingerprint density at radius 1 is 0.964 bits per heavy atom. The fourth-order valence-corrected chi connectivity index (χ4v) is 3.41. The second kappa shape index (κ2) is 7.08. The summed E-state index contributed by atoms with van der Waals surface area (Å²) in [5, 5.41) is 2.71. The van der Waals surface area contributed by atoms with Gasteiger partial charge in [-0.25, -0.2) is 28.1 Å². The third kappa shape index (κ3) is 3.67. The van der Waals surface area contributed by atoms with Gasteiger partial charge in [0.25, 0.3) is 15.9 Å². The minimum atomic E-state index is -3.84. The van der Waals surface area contributed by atoms with E-state index in [1.54, 1.807) is 24.3 Å². The molecule has 0 saturated heterocycles. The molecular formula is C18H13N5O4S. The van der Waals surface area contributed by atoms with Gasteiger partial charge in [-0.2, -0.15) is 0 Å². The molecule has 0 unspecified atom stereocenters. The van der Waals surface area contributed by atoms with Crippen LogP contribution in [-0.4, -0.2) is 29.3 Å². The fourth-order valence-electron chi connectivity index (χ4n) is 2.45. The van der Waals surface area contributed by atoms with Gasteiger partial charge in [0.2, 0.25) is 5.95 Å². The molecule has 0 spiro atoms. The van der Waals surface area contributed by atoms with Crippen molar-refractivity contribution in [2.75, 3.05) is 10.0 Å². The minimum Gasteiger partial charge on any atom is -0.443 e. The van der Waals surface area contributed by atoms with E-state index < -0.39 is 10.0 Å². The number of sulfonamides is 1. The van der Waals surface area contributed by atoms with Crippen molar-refractivity contribution >= 4 is 38.7 Å². The predicted molar refractivity (Wildman–Crippen MR) is 101 cm³/mol. The number of hydrogen-bond acceptors (Lipinski definition) is 7. The van der Waals surface area contributed by atoms with E-state index in [-0.39, 0.29) is 16.8 Å². The number of amides is 1. The molecule has 0 radical (unpaired) electrons. The van der Waals surface area contributed by atoms with Crippen LogP contribution in [0.25, 0.3) is 11.1 Å². The Hall–Kier alpha value is -3.79. The van der Waals surface area contributed by atoms with Crippen LogP contribution in [0.15, 0.2) is 76.6 Å². The van der Waals surface area contributed by atoms with Crippen LogP contribution >= 0.6 is 0 Å². The van der Waals surface area contributed by atoms with E-state index in [1.165, 1.54) is 43.1 Å². The van der Waals surface area contributed by atoms with E-state index in [2.05, 4.69) is 25.0 Å². The van der Waals surface area contributed by atoms with E-state index in [4.69, 9.17) is 4.42 Å². The number of anilines is 2. The van der Waals surface area contributed by atoms with Gasteiger partial charge in [-0.15, -0.1) is 0 Å². The first kappa shape index (κ1) is 17.6. The van der Waals surface area contributed by atoms with Gasteiger partial charge >= 0.3 is 0 Å². The smallest absolute Gasteiger partial charge is 0.264 e. The molecule has 2 N–H and O–H groups in total. The zero-order chi connectivity index (χ0) is 19.6. The Morgan fingerprint density at radius 3 is 2.46 bits per heavy atom. The van der Waals surface area contributed by atoms with Crippen molar-refractivity contribution in [2.45, 2.75) is 4.90 Å². The number of oxazole rings is 1. The molecule has 1 amide bonds. The summed E-state index contributed by atoms with van der Waals surface area (Å²) in [7, 11) is -3.84. The lowest BCUT2D eigenvalue weighted by atomic mass is 10.2. The Balaban J connectivity index is 1.49. The topological polar surface area (TPSA) is 127 Å². The van der Waals surface area contributed by atoms with Gasteiger partial charge < -0.3 is 9.73 Å². The van der Waals surface area contributed by atoms with Crippen molar-refractivity contribution in [1.29, 1.82) is 0 Å². The number of hydrogen-bond donors (Lipinski definition) is 2. The number of benzene rings is 2. The molecule has 0 aliphatic carbocycles. The summed E-state index contributed by atoms with van der Waals surface area (Å²) in [6.07, 6.45) is 4.17. The van der Waals surface area contributed by atoms with E-state index in [0.717, 1.165) is 0 Å². The quantitative estimate of drug-likeness (QED) is 0.532. The Labute approximate surface area is 159 Å². The number of fused-ring (bicyclic) bond motifs is 1. The third-order valence-electron chi connectivity index (χ3n) is 3.81. The highest BCUT2D eigenvalue weighted by atomic mass is 32.2. The normalized spacial score (nSPS) is 11.3. The van der Waals surface area contributed by atoms with E-state index in [1.807, 2.05) is 0 Å². The second-order valence-corrected chi connectivity index (χ2v) is 7.37. The van der Waals surface area contributed by atoms with Crippen LogP contribution in [0.3, 0.4) is 0 Å². The summed E-state index contributed by atoms with van der Waals surface area (Å²) in [4.78, 5) is 24.1. The van der Waals surface area contributed by atoms with Crippen molar-refractivity contribution < 1.29 is 17.6 Å². The molecule has 28 heavy (non-hydrogen) atoms. The molecule has 2 aromatic heterocycles. The summed E-state index contributed by atoms with van der Waals surface area (Å²) < 4.78 is 32.1. The largest absolute Gasteiger partial charge is 0.443 e. The predicted octanol–water partition coefficient (Wildman–Crippen LogP) is 2.67. The summed E-state index contributed by atoms with van der Waals surface area (Å²) >= 11 is 0. The molecule has 10 heteroatoms. The minimum absolute atomic E-state index is 0.0157. The average Bonchev–Trinajstić information content (AvgIpc) is 3.16. The lowest BCUT2D eigenvalue weighted by Crippen LogP contribution is -2.15. The van der Waals surface area contributed by atoms with Crippen LogP contribution in [0.4, 0.5) is 11.6 Å². The van der Waals surface area contributed by atoms with E-state index >= 15 is 0 Å². The Morgan fingerprint density at radius 2 is 1.71 bits per heavy atom. The lowest BCUT2D eigenvalue weighted by Gasteiger charge is -2.08. The molecule has 140 valence electrons. The van der Waals surface area contributed by atoms with Gasteiger partial charge in [0.05, 0.1) is 4.90 Å². The fraction of sp³-hybridized carbons (Fsp3) is 0. The van der Waals surface area contributed by atoms with Crippen LogP contribution in [0, 0.1) is 0 Å². The number of carbonyl (C=O) groups excluding carboxylic acids is 1. The van der Waals surface area contributed by atoms with Crippen LogP contribution in [0.1, 0.15) is 10.4 Å². The number of aromatic nitrogens is 3. The Kier molecular flexibility index (Phi) is 4.45. The first-order valence-electron chi connectivity index (χ1n) is 8.06. The number of carbonyl (C=O) groups is 1. The first-order chi connectivity index (χ1) is 13.5. The molecule has 9 nitrogen and oxygen atoms in total. The molecule has 0 aliphatic rings. The van der Waals surface area contributed by atoms with E-state index in [9.17, 15) is 13.2 Å². The molecule has 0 saturated carbocycles. The maximum absolute atomic E-state index is 12.4. The van der Waals surface area contributed by atoms with Crippen LogP contribution in [-0.2, 0) is 10.0 Å². The van der Waals surface area contributed by atoms with Crippen molar-refractivity contribution in [3.63, 3.8) is 0 Å². The molecule has 0 bridgehead atoms. The van der Waals surface area contributed by atoms with Gasteiger partial charge in [-0.05, 0) is 48.5 Å². The molecule has 2 heterocycles. The molecular weight excluding hydrogens is 382 g/mol. The molecule has 0 fully saturated rings. The van der Waals surface area contributed by atoms with Crippen LogP contribution < -0.4 is 10.0 Å². The van der Waals surface area contributed by atoms with Crippen molar-refractivity contribution in [2.24, 2.45) is 0 Å². The highest BCUT2D eigenvalue weighted by Crippen LogP contribution is 2.18. The Bertz CT molecular complexity index is 1240. The molecule has 0 aliphatic heterocycles. The van der Waals surface area contributed by atoms with Gasteiger partial charge in [0.1, 0.15) is 5.52 Å². The van der Waals surface area contributed by atoms with Gasteiger partial charge in [-0.1, -0.05) is 0 Å². The second-order valence-electron chi connectivity index (χ2n) is 5.69. The monoisotopic (exact) mass is 395 g/mol. The maximum atomic E-state index is 12.4. The maximum Gasteiger partial charge on any atom is 0.264 e. The number of nitrogens with zero attached hydrogens (tertiary/aromatic N) is 3. The van der Waals surface area contributed by atoms with E-state index in [0.29, 0.717) is 22.4 Å². The first-order valence-corrected chi connectivity index (χ1v) is 9.54. The van der Waals surface area contributed by atoms with Crippen molar-refractivity contribution in [3.05, 3.63) is 72.9 Å². The lowest BCUT2D eigenvalue weighted by molar-refractivity contribution is 0.102.